The topological polar surface area (TPSA) is 0 Å². The molecule has 222 valence electrons. The Morgan fingerprint density at radius 1 is 0.208 bits per heavy atom. The summed E-state index contributed by atoms with van der Waals surface area (Å²) in [6.07, 6.45) is 0. The number of hydrogen-bond donors (Lipinski definition) is 0. The fourth-order valence-corrected chi connectivity index (χ4v) is 8.01. The molecule has 10 rings (SSSR count). The molecule has 0 nitrogen and oxygen atoms in total. The molecule has 0 fully saturated rings. The maximum atomic E-state index is 2.43. The van der Waals surface area contributed by atoms with E-state index in [0.717, 1.165) is 0 Å². The minimum atomic E-state index is 1.22. The first-order valence-electron chi connectivity index (χ1n) is 16.7. The fourth-order valence-electron chi connectivity index (χ4n) is 8.01. The van der Waals surface area contributed by atoms with Crippen molar-refractivity contribution < 1.29 is 0 Å². The lowest BCUT2D eigenvalue weighted by Gasteiger charge is -2.22. The average molecular weight is 607 g/mol. The molecular weight excluding hydrogens is 577 g/mol. The van der Waals surface area contributed by atoms with Gasteiger partial charge in [-0.25, -0.2) is 0 Å². The summed E-state index contributed by atoms with van der Waals surface area (Å²) in [5.41, 5.74) is 7.57. The molecule has 0 aromatic heterocycles. The van der Waals surface area contributed by atoms with Gasteiger partial charge in [0.15, 0.2) is 0 Å². The van der Waals surface area contributed by atoms with Crippen molar-refractivity contribution in [1.29, 1.82) is 0 Å². The molecule has 0 aliphatic heterocycles. The van der Waals surface area contributed by atoms with Gasteiger partial charge in [0, 0.05) is 0 Å². The van der Waals surface area contributed by atoms with Crippen molar-refractivity contribution in [1.82, 2.24) is 0 Å². The number of benzene rings is 10. The highest BCUT2D eigenvalue weighted by Crippen LogP contribution is 2.49. The minimum Gasteiger partial charge on any atom is -0.0622 e. The maximum absolute atomic E-state index is 2.43. The third-order valence-electron chi connectivity index (χ3n) is 10.2. The van der Waals surface area contributed by atoms with E-state index in [1.165, 1.54) is 98.0 Å². The Bertz CT molecular complexity index is 2880. The van der Waals surface area contributed by atoms with Gasteiger partial charge in [-0.05, 0) is 128 Å². The molecule has 0 N–H and O–H groups in total. The molecule has 0 bridgehead atoms. The van der Waals surface area contributed by atoms with Crippen molar-refractivity contribution in [2.45, 2.75) is 0 Å². The van der Waals surface area contributed by atoms with Crippen LogP contribution >= 0.6 is 0 Å². The van der Waals surface area contributed by atoms with E-state index >= 15 is 0 Å². The Labute approximate surface area is 279 Å². The van der Waals surface area contributed by atoms with E-state index < -0.39 is 0 Å². The predicted molar refractivity (Wildman–Crippen MR) is 208 cm³/mol. The third-order valence-corrected chi connectivity index (χ3v) is 10.2. The molecule has 10 aromatic carbocycles. The molecule has 0 saturated heterocycles. The molecule has 0 spiro atoms. The Balaban J connectivity index is 1.44. The van der Waals surface area contributed by atoms with Gasteiger partial charge in [-0.15, -0.1) is 0 Å². The molecule has 0 unspecified atom stereocenters. The molecule has 0 aliphatic carbocycles. The predicted octanol–water partition coefficient (Wildman–Crippen LogP) is 13.6. The van der Waals surface area contributed by atoms with Crippen molar-refractivity contribution in [3.63, 3.8) is 0 Å². The SMILES string of the molecule is c1ccc(-c2cc3ccccc3cc2-c2c3ccccc3c(-c3cc4ccccc4c4ccccc34)c3cc4ccccc4cc23)cc1. The normalized spacial score (nSPS) is 11.8. The highest BCUT2D eigenvalue weighted by molar-refractivity contribution is 6.28. The molecule has 0 heterocycles. The lowest BCUT2D eigenvalue weighted by molar-refractivity contribution is 1.63. The Hall–Kier alpha value is -6.24. The zero-order valence-corrected chi connectivity index (χ0v) is 26.3. The van der Waals surface area contributed by atoms with Crippen LogP contribution in [0, 0.1) is 0 Å². The Kier molecular flexibility index (Phi) is 5.98. The van der Waals surface area contributed by atoms with E-state index in [1.54, 1.807) is 0 Å². The summed E-state index contributed by atoms with van der Waals surface area (Å²) in [4.78, 5) is 0. The van der Waals surface area contributed by atoms with Crippen molar-refractivity contribution in [3.8, 4) is 33.4 Å². The second kappa shape index (κ2) is 10.7. The molecule has 0 heteroatoms. The van der Waals surface area contributed by atoms with Crippen molar-refractivity contribution in [2.24, 2.45) is 0 Å². The minimum absolute atomic E-state index is 1.22. The van der Waals surface area contributed by atoms with Crippen LogP contribution in [-0.4, -0.2) is 0 Å². The van der Waals surface area contributed by atoms with Crippen LogP contribution in [0.15, 0.2) is 182 Å². The molecule has 0 amide bonds. The van der Waals surface area contributed by atoms with Crippen LogP contribution in [0.25, 0.3) is 98.0 Å². The zero-order valence-electron chi connectivity index (χ0n) is 26.3. The second-order valence-electron chi connectivity index (χ2n) is 12.8. The average Bonchev–Trinajstić information content (AvgIpc) is 3.16. The smallest absolute Gasteiger partial charge is 0.00197 e. The zero-order chi connectivity index (χ0) is 31.6. The van der Waals surface area contributed by atoms with Crippen molar-refractivity contribution in [2.75, 3.05) is 0 Å². The quantitative estimate of drug-likeness (QED) is 0.139. The van der Waals surface area contributed by atoms with E-state index in [0.29, 0.717) is 0 Å². The van der Waals surface area contributed by atoms with Crippen LogP contribution in [0.5, 0.6) is 0 Å². The van der Waals surface area contributed by atoms with Gasteiger partial charge in [0.2, 0.25) is 0 Å². The Morgan fingerprint density at radius 3 is 1.21 bits per heavy atom. The number of rotatable bonds is 3. The van der Waals surface area contributed by atoms with Gasteiger partial charge < -0.3 is 0 Å². The molecule has 0 saturated carbocycles. The molecule has 0 atom stereocenters. The van der Waals surface area contributed by atoms with Crippen LogP contribution in [-0.2, 0) is 0 Å². The summed E-state index contributed by atoms with van der Waals surface area (Å²) < 4.78 is 0. The molecule has 0 aliphatic rings. The number of fused-ring (bicyclic) bond motifs is 7. The third kappa shape index (κ3) is 4.10. The lowest BCUT2D eigenvalue weighted by atomic mass is 9.81. The van der Waals surface area contributed by atoms with E-state index in [1.807, 2.05) is 0 Å². The van der Waals surface area contributed by atoms with E-state index in [9.17, 15) is 0 Å². The summed E-state index contributed by atoms with van der Waals surface area (Å²) in [6, 6.07) is 67.3. The summed E-state index contributed by atoms with van der Waals surface area (Å²) in [7, 11) is 0. The first-order valence-corrected chi connectivity index (χ1v) is 16.7. The van der Waals surface area contributed by atoms with Crippen LogP contribution in [0.4, 0.5) is 0 Å². The lowest BCUT2D eigenvalue weighted by Crippen LogP contribution is -1.94. The van der Waals surface area contributed by atoms with Gasteiger partial charge in [0.1, 0.15) is 0 Å². The summed E-state index contributed by atoms with van der Waals surface area (Å²) >= 11 is 0. The summed E-state index contributed by atoms with van der Waals surface area (Å²) in [6.45, 7) is 0. The monoisotopic (exact) mass is 606 g/mol. The van der Waals surface area contributed by atoms with Gasteiger partial charge >= 0.3 is 0 Å². The largest absolute Gasteiger partial charge is 0.0622 e. The molecule has 48 heavy (non-hydrogen) atoms. The molecule has 0 radical (unpaired) electrons. The highest BCUT2D eigenvalue weighted by atomic mass is 14.2. The van der Waals surface area contributed by atoms with Gasteiger partial charge in [-0.3, -0.25) is 0 Å². The fraction of sp³-hybridized carbons (Fsp3) is 0. The van der Waals surface area contributed by atoms with Gasteiger partial charge in [0.05, 0.1) is 0 Å². The molecular formula is C48H30. The first kappa shape index (κ1) is 26.9. The van der Waals surface area contributed by atoms with Gasteiger partial charge in [-0.1, -0.05) is 152 Å². The second-order valence-corrected chi connectivity index (χ2v) is 12.8. The van der Waals surface area contributed by atoms with Crippen LogP contribution < -0.4 is 0 Å². The van der Waals surface area contributed by atoms with Gasteiger partial charge in [-0.2, -0.15) is 0 Å². The summed E-state index contributed by atoms with van der Waals surface area (Å²) in [5.74, 6) is 0. The Morgan fingerprint density at radius 2 is 0.604 bits per heavy atom. The number of hydrogen-bond acceptors (Lipinski definition) is 0. The van der Waals surface area contributed by atoms with E-state index in [2.05, 4.69) is 182 Å². The van der Waals surface area contributed by atoms with Crippen LogP contribution in [0.3, 0.4) is 0 Å². The first-order chi connectivity index (χ1) is 23.8. The van der Waals surface area contributed by atoms with Crippen LogP contribution in [0.2, 0.25) is 0 Å². The highest BCUT2D eigenvalue weighted by Gasteiger charge is 2.22. The van der Waals surface area contributed by atoms with Crippen molar-refractivity contribution >= 4 is 64.6 Å². The van der Waals surface area contributed by atoms with Crippen molar-refractivity contribution in [3.05, 3.63) is 182 Å². The van der Waals surface area contributed by atoms with E-state index in [4.69, 9.17) is 0 Å². The standard InChI is InChI=1S/C48H30/c1-2-14-31(15-3-1)42-26-32-16-4-5-17-33(32)27-44(42)48-41-25-13-12-24-40(41)47(45-28-34-18-6-7-19-35(34)29-46(45)48)43-30-36-20-8-9-21-37(36)38-22-10-11-23-39(38)43/h1-30H. The van der Waals surface area contributed by atoms with Gasteiger partial charge in [0.25, 0.3) is 0 Å². The molecule has 10 aromatic rings. The summed E-state index contributed by atoms with van der Waals surface area (Å²) in [5, 5.41) is 15.2. The van der Waals surface area contributed by atoms with E-state index in [-0.39, 0.29) is 0 Å². The maximum Gasteiger partial charge on any atom is -0.00197 e. The van der Waals surface area contributed by atoms with Crippen LogP contribution in [0.1, 0.15) is 0 Å².